The Morgan fingerprint density at radius 3 is 2.33 bits per heavy atom. The van der Waals surface area contributed by atoms with E-state index < -0.39 is 0 Å². The van der Waals surface area contributed by atoms with E-state index in [4.69, 9.17) is 4.74 Å². The fourth-order valence-corrected chi connectivity index (χ4v) is 3.67. The van der Waals surface area contributed by atoms with Crippen LogP contribution in [0.2, 0.25) is 0 Å². The molecule has 3 fully saturated rings. The maximum Gasteiger partial charge on any atom is 0.317 e. The van der Waals surface area contributed by atoms with Crippen molar-refractivity contribution in [2.24, 2.45) is 5.92 Å². The standard InChI is InChI=1S/C19H33N3O2/c1-15(2)13-21-9-5-17(6-10-21)20-19(23)22-11-7-18(8-12-22)24-14-16-3-4-16/h16-18H,1,3-14H2,2H3,(H,20,23). The van der Waals surface area contributed by atoms with Gasteiger partial charge in [-0.2, -0.15) is 0 Å². The molecule has 1 aliphatic carbocycles. The molecule has 3 aliphatic rings. The van der Waals surface area contributed by atoms with Crippen LogP contribution in [0.15, 0.2) is 12.2 Å². The number of hydrogen-bond donors (Lipinski definition) is 1. The van der Waals surface area contributed by atoms with E-state index in [-0.39, 0.29) is 6.03 Å². The Labute approximate surface area is 146 Å². The van der Waals surface area contributed by atoms with Crippen molar-refractivity contribution in [3.63, 3.8) is 0 Å². The number of hydrogen-bond acceptors (Lipinski definition) is 3. The molecule has 24 heavy (non-hydrogen) atoms. The summed E-state index contributed by atoms with van der Waals surface area (Å²) in [6, 6.07) is 0.441. The first kappa shape index (κ1) is 17.7. The van der Waals surface area contributed by atoms with Gasteiger partial charge in [0, 0.05) is 45.4 Å². The predicted octanol–water partition coefficient (Wildman–Crippen LogP) is 2.63. The molecule has 0 bridgehead atoms. The van der Waals surface area contributed by atoms with Crippen molar-refractivity contribution in [2.75, 3.05) is 39.3 Å². The van der Waals surface area contributed by atoms with Gasteiger partial charge >= 0.3 is 6.03 Å². The van der Waals surface area contributed by atoms with Crippen LogP contribution < -0.4 is 5.32 Å². The second-order valence-electron chi connectivity index (χ2n) is 7.92. The maximum atomic E-state index is 12.5. The van der Waals surface area contributed by atoms with Crippen LogP contribution in [-0.4, -0.2) is 67.3 Å². The van der Waals surface area contributed by atoms with Crippen LogP contribution >= 0.6 is 0 Å². The number of rotatable bonds is 6. The first-order valence-electron chi connectivity index (χ1n) is 9.64. The van der Waals surface area contributed by atoms with Crippen LogP contribution in [0.4, 0.5) is 4.79 Å². The fraction of sp³-hybridized carbons (Fsp3) is 0.842. The average Bonchev–Trinajstić information content (AvgIpc) is 3.39. The average molecular weight is 335 g/mol. The number of nitrogens with zero attached hydrogens (tertiary/aromatic N) is 2. The molecule has 0 atom stereocenters. The number of piperidine rings is 2. The molecular weight excluding hydrogens is 302 g/mol. The summed E-state index contributed by atoms with van der Waals surface area (Å²) in [5.41, 5.74) is 1.21. The van der Waals surface area contributed by atoms with E-state index >= 15 is 0 Å². The van der Waals surface area contributed by atoms with Gasteiger partial charge in [-0.25, -0.2) is 4.79 Å². The fourth-order valence-electron chi connectivity index (χ4n) is 3.67. The van der Waals surface area contributed by atoms with Gasteiger partial charge < -0.3 is 15.0 Å². The molecule has 136 valence electrons. The van der Waals surface area contributed by atoms with E-state index in [2.05, 4.69) is 23.7 Å². The zero-order chi connectivity index (χ0) is 16.9. The van der Waals surface area contributed by atoms with Crippen molar-refractivity contribution in [2.45, 2.75) is 57.6 Å². The minimum Gasteiger partial charge on any atom is -0.378 e. The Morgan fingerprint density at radius 1 is 1.08 bits per heavy atom. The second-order valence-corrected chi connectivity index (χ2v) is 7.92. The topological polar surface area (TPSA) is 44.8 Å². The summed E-state index contributed by atoms with van der Waals surface area (Å²) in [6.07, 6.45) is 7.09. The SMILES string of the molecule is C=C(C)CN1CCC(NC(=O)N2CCC(OCC3CC3)CC2)CC1. The van der Waals surface area contributed by atoms with E-state index in [9.17, 15) is 4.79 Å². The molecule has 5 heteroatoms. The smallest absolute Gasteiger partial charge is 0.317 e. The summed E-state index contributed by atoms with van der Waals surface area (Å²) >= 11 is 0. The molecule has 0 radical (unpaired) electrons. The number of nitrogens with one attached hydrogen (secondary N) is 1. The number of carbonyl (C=O) groups excluding carboxylic acids is 1. The van der Waals surface area contributed by atoms with Gasteiger partial charge in [0.05, 0.1) is 6.10 Å². The number of amides is 2. The largest absolute Gasteiger partial charge is 0.378 e. The summed E-state index contributed by atoms with van der Waals surface area (Å²) in [6.45, 7) is 11.7. The first-order valence-corrected chi connectivity index (χ1v) is 9.64. The van der Waals surface area contributed by atoms with E-state index in [0.717, 1.165) is 70.9 Å². The van der Waals surface area contributed by atoms with Gasteiger partial charge in [-0.15, -0.1) is 0 Å². The van der Waals surface area contributed by atoms with Crippen LogP contribution in [-0.2, 0) is 4.74 Å². The van der Waals surface area contributed by atoms with Crippen LogP contribution in [0.3, 0.4) is 0 Å². The van der Waals surface area contributed by atoms with Crippen LogP contribution in [0.1, 0.15) is 45.4 Å². The highest BCUT2D eigenvalue weighted by Gasteiger charge is 2.28. The Bertz CT molecular complexity index is 434. The van der Waals surface area contributed by atoms with Gasteiger partial charge in [0.2, 0.25) is 0 Å². The third kappa shape index (κ3) is 5.49. The van der Waals surface area contributed by atoms with Crippen molar-refractivity contribution >= 4 is 6.03 Å². The zero-order valence-corrected chi connectivity index (χ0v) is 15.1. The molecule has 1 N–H and O–H groups in total. The lowest BCUT2D eigenvalue weighted by molar-refractivity contribution is 0.00913. The summed E-state index contributed by atoms with van der Waals surface area (Å²) in [5, 5.41) is 3.23. The number of urea groups is 1. The summed E-state index contributed by atoms with van der Waals surface area (Å²) < 4.78 is 5.96. The van der Waals surface area contributed by atoms with Crippen molar-refractivity contribution in [1.82, 2.24) is 15.1 Å². The summed E-state index contributed by atoms with van der Waals surface area (Å²) in [7, 11) is 0. The minimum absolute atomic E-state index is 0.119. The number of likely N-dealkylation sites (tertiary alicyclic amines) is 2. The highest BCUT2D eigenvalue weighted by molar-refractivity contribution is 5.74. The van der Waals surface area contributed by atoms with Crippen molar-refractivity contribution in [1.29, 1.82) is 0 Å². The molecule has 5 nitrogen and oxygen atoms in total. The zero-order valence-electron chi connectivity index (χ0n) is 15.1. The van der Waals surface area contributed by atoms with Crippen molar-refractivity contribution in [3.8, 4) is 0 Å². The Morgan fingerprint density at radius 2 is 1.75 bits per heavy atom. The second kappa shape index (κ2) is 8.34. The van der Waals surface area contributed by atoms with E-state index in [1.807, 2.05) is 4.90 Å². The summed E-state index contributed by atoms with van der Waals surface area (Å²) in [4.78, 5) is 16.8. The number of carbonyl (C=O) groups is 1. The third-order valence-corrected chi connectivity index (χ3v) is 5.40. The normalized spacial score (nSPS) is 24.1. The van der Waals surface area contributed by atoms with Gasteiger partial charge in [-0.05, 0) is 51.4 Å². The lowest BCUT2D eigenvalue weighted by atomic mass is 10.0. The first-order chi connectivity index (χ1) is 11.6. The Kier molecular flexibility index (Phi) is 6.17. The Hall–Kier alpha value is -1.07. The van der Waals surface area contributed by atoms with Crippen LogP contribution in [0.25, 0.3) is 0 Å². The quantitative estimate of drug-likeness (QED) is 0.759. The highest BCUT2D eigenvalue weighted by atomic mass is 16.5. The molecule has 2 heterocycles. The highest BCUT2D eigenvalue weighted by Crippen LogP contribution is 2.30. The Balaban J connectivity index is 1.32. The molecule has 3 rings (SSSR count). The predicted molar refractivity (Wildman–Crippen MR) is 96.1 cm³/mol. The van der Waals surface area contributed by atoms with Gasteiger partial charge in [-0.3, -0.25) is 4.90 Å². The van der Waals surface area contributed by atoms with Crippen LogP contribution in [0, 0.1) is 5.92 Å². The number of ether oxygens (including phenoxy) is 1. The molecule has 2 saturated heterocycles. The third-order valence-electron chi connectivity index (χ3n) is 5.40. The molecule has 2 aliphatic heterocycles. The van der Waals surface area contributed by atoms with Gasteiger partial charge in [0.15, 0.2) is 0 Å². The lowest BCUT2D eigenvalue weighted by Crippen LogP contribution is -2.51. The van der Waals surface area contributed by atoms with Gasteiger partial charge in [-0.1, -0.05) is 12.2 Å². The molecule has 0 spiro atoms. The van der Waals surface area contributed by atoms with Crippen LogP contribution in [0.5, 0.6) is 0 Å². The minimum atomic E-state index is 0.119. The molecule has 2 amide bonds. The molecule has 0 aromatic rings. The summed E-state index contributed by atoms with van der Waals surface area (Å²) in [5.74, 6) is 0.821. The molecular formula is C19H33N3O2. The van der Waals surface area contributed by atoms with E-state index in [1.165, 1.54) is 18.4 Å². The maximum absolute atomic E-state index is 12.5. The van der Waals surface area contributed by atoms with E-state index in [1.54, 1.807) is 0 Å². The lowest BCUT2D eigenvalue weighted by Gasteiger charge is -2.36. The van der Waals surface area contributed by atoms with E-state index in [0.29, 0.717) is 12.1 Å². The molecule has 0 unspecified atom stereocenters. The van der Waals surface area contributed by atoms with Crippen molar-refractivity contribution < 1.29 is 9.53 Å². The molecule has 0 aromatic heterocycles. The molecule has 1 saturated carbocycles. The molecule has 0 aromatic carbocycles. The monoisotopic (exact) mass is 335 g/mol. The van der Waals surface area contributed by atoms with Gasteiger partial charge in [0.25, 0.3) is 0 Å². The van der Waals surface area contributed by atoms with Gasteiger partial charge in [0.1, 0.15) is 0 Å². The van der Waals surface area contributed by atoms with Crippen molar-refractivity contribution in [3.05, 3.63) is 12.2 Å².